The van der Waals surface area contributed by atoms with Gasteiger partial charge in [-0.3, -0.25) is 4.79 Å². The number of nitrogens with zero attached hydrogens (tertiary/aromatic N) is 1. The Labute approximate surface area is 129 Å². The Morgan fingerprint density at radius 1 is 1.40 bits per heavy atom. The van der Waals surface area contributed by atoms with Crippen molar-refractivity contribution in [3.8, 4) is 5.75 Å². The Morgan fingerprint density at radius 2 is 2.10 bits per heavy atom. The van der Waals surface area contributed by atoms with E-state index in [4.69, 9.17) is 11.6 Å². The average Bonchev–Trinajstić information content (AvgIpc) is 2.42. The molecule has 4 nitrogen and oxygen atoms in total. The van der Waals surface area contributed by atoms with Gasteiger partial charge in [-0.1, -0.05) is 17.7 Å². The number of rotatable bonds is 2. The van der Waals surface area contributed by atoms with Gasteiger partial charge in [-0.2, -0.15) is 0 Å². The van der Waals surface area contributed by atoms with Crippen molar-refractivity contribution >= 4 is 39.1 Å². The number of nitrogens with one attached hydrogen (secondary N) is 1. The van der Waals surface area contributed by atoms with E-state index in [1.54, 1.807) is 32.0 Å². The van der Waals surface area contributed by atoms with E-state index >= 15 is 0 Å². The molecule has 0 radical (unpaired) electrons. The molecule has 0 atom stereocenters. The maximum Gasteiger partial charge on any atom is 0.258 e. The molecule has 104 valence electrons. The molecule has 2 rings (SSSR count). The van der Waals surface area contributed by atoms with Crippen molar-refractivity contribution < 1.29 is 9.90 Å². The van der Waals surface area contributed by atoms with Gasteiger partial charge in [-0.05, 0) is 47.5 Å². The first kappa shape index (κ1) is 14.8. The Balaban J connectivity index is 2.33. The highest BCUT2D eigenvalue weighted by molar-refractivity contribution is 9.10. The maximum atomic E-state index is 12.2. The fourth-order valence-corrected chi connectivity index (χ4v) is 2.26. The molecule has 1 amide bonds. The molecule has 20 heavy (non-hydrogen) atoms. The molecule has 6 heteroatoms. The van der Waals surface area contributed by atoms with Gasteiger partial charge in [0.1, 0.15) is 10.9 Å². The molecule has 1 aromatic carbocycles. The third-order valence-corrected chi connectivity index (χ3v) is 3.67. The highest BCUT2D eigenvalue weighted by atomic mass is 79.9. The highest BCUT2D eigenvalue weighted by Crippen LogP contribution is 2.29. The quantitative estimate of drug-likeness (QED) is 0.798. The second-order valence-electron chi connectivity index (χ2n) is 4.35. The van der Waals surface area contributed by atoms with Crippen LogP contribution in [0, 0.1) is 13.8 Å². The van der Waals surface area contributed by atoms with Crippen molar-refractivity contribution in [2.75, 3.05) is 5.32 Å². The second-order valence-corrected chi connectivity index (χ2v) is 5.62. The Hall–Kier alpha value is -1.59. The third kappa shape index (κ3) is 2.94. The van der Waals surface area contributed by atoms with Crippen LogP contribution in [0.2, 0.25) is 5.15 Å². The van der Waals surface area contributed by atoms with Crippen LogP contribution in [-0.4, -0.2) is 16.0 Å². The zero-order chi connectivity index (χ0) is 14.9. The van der Waals surface area contributed by atoms with Gasteiger partial charge in [-0.15, -0.1) is 0 Å². The van der Waals surface area contributed by atoms with Crippen molar-refractivity contribution in [3.05, 3.63) is 50.7 Å². The molecule has 0 saturated carbocycles. The molecule has 0 unspecified atom stereocenters. The lowest BCUT2D eigenvalue weighted by molar-refractivity contribution is 0.102. The van der Waals surface area contributed by atoms with Crippen LogP contribution < -0.4 is 5.32 Å². The number of carbonyl (C=O) groups excluding carboxylic acids is 1. The Kier molecular flexibility index (Phi) is 4.30. The van der Waals surface area contributed by atoms with E-state index in [1.807, 2.05) is 0 Å². The molecule has 0 aliphatic rings. The number of halogens is 2. The van der Waals surface area contributed by atoms with Crippen LogP contribution in [0.15, 0.2) is 28.9 Å². The molecule has 0 aliphatic carbocycles. The molecule has 0 bridgehead atoms. The van der Waals surface area contributed by atoms with Gasteiger partial charge >= 0.3 is 0 Å². The minimum Gasteiger partial charge on any atom is -0.507 e. The number of amides is 1. The molecule has 1 heterocycles. The largest absolute Gasteiger partial charge is 0.507 e. The molecular weight excluding hydrogens is 344 g/mol. The fourth-order valence-electron chi connectivity index (χ4n) is 1.74. The van der Waals surface area contributed by atoms with Crippen LogP contribution in [0.3, 0.4) is 0 Å². The summed E-state index contributed by atoms with van der Waals surface area (Å²) < 4.78 is 0.663. The van der Waals surface area contributed by atoms with Crippen LogP contribution in [0.25, 0.3) is 0 Å². The molecule has 0 spiro atoms. The summed E-state index contributed by atoms with van der Waals surface area (Å²) in [7, 11) is 0. The van der Waals surface area contributed by atoms with E-state index in [0.29, 0.717) is 15.7 Å². The Bertz CT molecular complexity index is 689. The minimum absolute atomic E-state index is 0.125. The summed E-state index contributed by atoms with van der Waals surface area (Å²) in [6.07, 6.45) is 1.52. The minimum atomic E-state index is -0.379. The number of carbonyl (C=O) groups is 1. The lowest BCUT2D eigenvalue weighted by Crippen LogP contribution is -2.14. The normalized spacial score (nSPS) is 10.4. The summed E-state index contributed by atoms with van der Waals surface area (Å²) >= 11 is 9.16. The molecule has 0 aliphatic heterocycles. The SMILES string of the molecule is Cc1ccc(NC(=O)c2cc(Br)cnc2Cl)c(C)c1O. The number of phenolic OH excluding ortho intramolecular Hbond substituents is 1. The number of hydrogen-bond donors (Lipinski definition) is 2. The lowest BCUT2D eigenvalue weighted by Gasteiger charge is -2.12. The monoisotopic (exact) mass is 354 g/mol. The van der Waals surface area contributed by atoms with Gasteiger partial charge in [0, 0.05) is 21.9 Å². The number of pyridine rings is 1. The number of aryl methyl sites for hydroxylation is 1. The first-order chi connectivity index (χ1) is 9.40. The molecular formula is C14H12BrClN2O2. The molecule has 2 N–H and O–H groups in total. The summed E-state index contributed by atoms with van der Waals surface area (Å²) in [5.41, 5.74) is 2.16. The van der Waals surface area contributed by atoms with E-state index in [1.165, 1.54) is 6.20 Å². The van der Waals surface area contributed by atoms with Crippen molar-refractivity contribution in [3.63, 3.8) is 0 Å². The van der Waals surface area contributed by atoms with E-state index in [0.717, 1.165) is 5.56 Å². The number of aromatic nitrogens is 1. The highest BCUT2D eigenvalue weighted by Gasteiger charge is 2.14. The Morgan fingerprint density at radius 3 is 2.80 bits per heavy atom. The number of aromatic hydroxyl groups is 1. The standard InChI is InChI=1S/C14H12BrClN2O2/c1-7-3-4-11(8(2)12(7)19)18-14(20)10-5-9(15)6-17-13(10)16/h3-6,19H,1-2H3,(H,18,20). The smallest absolute Gasteiger partial charge is 0.258 e. The summed E-state index contributed by atoms with van der Waals surface area (Å²) in [5, 5.41) is 12.7. The average molecular weight is 356 g/mol. The molecule has 1 aromatic heterocycles. The fraction of sp³-hybridized carbons (Fsp3) is 0.143. The molecule has 0 saturated heterocycles. The summed E-state index contributed by atoms with van der Waals surface area (Å²) in [6, 6.07) is 5.06. The van der Waals surface area contributed by atoms with Gasteiger partial charge in [0.2, 0.25) is 0 Å². The predicted octanol–water partition coefficient (Wildman–Crippen LogP) is 4.07. The summed E-state index contributed by atoms with van der Waals surface area (Å²) in [5.74, 6) is -0.212. The van der Waals surface area contributed by atoms with Gasteiger partial charge in [0.15, 0.2) is 0 Å². The second kappa shape index (κ2) is 5.81. The first-order valence-corrected chi connectivity index (χ1v) is 6.99. The van der Waals surface area contributed by atoms with Crippen LogP contribution in [-0.2, 0) is 0 Å². The van der Waals surface area contributed by atoms with E-state index in [-0.39, 0.29) is 22.4 Å². The van der Waals surface area contributed by atoms with Crippen molar-refractivity contribution in [2.24, 2.45) is 0 Å². The van der Waals surface area contributed by atoms with Crippen LogP contribution >= 0.6 is 27.5 Å². The zero-order valence-corrected chi connectivity index (χ0v) is 13.2. The van der Waals surface area contributed by atoms with Crippen LogP contribution in [0.4, 0.5) is 5.69 Å². The number of hydrogen-bond acceptors (Lipinski definition) is 3. The summed E-state index contributed by atoms with van der Waals surface area (Å²) in [6.45, 7) is 3.53. The molecule has 2 aromatic rings. The first-order valence-electron chi connectivity index (χ1n) is 5.81. The van der Waals surface area contributed by atoms with Crippen molar-refractivity contribution in [1.29, 1.82) is 0 Å². The van der Waals surface area contributed by atoms with Crippen LogP contribution in [0.5, 0.6) is 5.75 Å². The van der Waals surface area contributed by atoms with Gasteiger partial charge < -0.3 is 10.4 Å². The number of phenols is 1. The lowest BCUT2D eigenvalue weighted by atomic mass is 10.1. The van der Waals surface area contributed by atoms with Gasteiger partial charge in [0.25, 0.3) is 5.91 Å². The van der Waals surface area contributed by atoms with E-state index in [2.05, 4.69) is 26.2 Å². The van der Waals surface area contributed by atoms with E-state index < -0.39 is 0 Å². The van der Waals surface area contributed by atoms with E-state index in [9.17, 15) is 9.90 Å². The van der Waals surface area contributed by atoms with Crippen LogP contribution in [0.1, 0.15) is 21.5 Å². The predicted molar refractivity (Wildman–Crippen MR) is 82.5 cm³/mol. The van der Waals surface area contributed by atoms with Gasteiger partial charge in [0.05, 0.1) is 5.56 Å². The maximum absolute atomic E-state index is 12.2. The third-order valence-electron chi connectivity index (χ3n) is 2.93. The van der Waals surface area contributed by atoms with Crippen molar-refractivity contribution in [1.82, 2.24) is 4.98 Å². The zero-order valence-electron chi connectivity index (χ0n) is 10.9. The van der Waals surface area contributed by atoms with Crippen molar-refractivity contribution in [2.45, 2.75) is 13.8 Å². The van der Waals surface area contributed by atoms with Gasteiger partial charge in [-0.25, -0.2) is 4.98 Å². The molecule has 0 fully saturated rings. The number of benzene rings is 1. The summed E-state index contributed by atoms with van der Waals surface area (Å²) in [4.78, 5) is 16.1. The topological polar surface area (TPSA) is 62.2 Å². The number of anilines is 1.